The van der Waals surface area contributed by atoms with E-state index in [0.717, 1.165) is 25.0 Å². The van der Waals surface area contributed by atoms with Crippen molar-refractivity contribution in [1.29, 1.82) is 0 Å². The highest BCUT2D eigenvalue weighted by Gasteiger charge is 2.48. The van der Waals surface area contributed by atoms with Crippen LogP contribution < -0.4 is 10.5 Å². The van der Waals surface area contributed by atoms with E-state index in [1.54, 1.807) is 4.90 Å². The number of nitrogens with one attached hydrogen (secondary N) is 1. The summed E-state index contributed by atoms with van der Waals surface area (Å²) in [6.45, 7) is 0.989. The molecule has 0 bridgehead atoms. The third-order valence-electron chi connectivity index (χ3n) is 4.44. The molecule has 126 valence electrons. The zero-order valence-electron chi connectivity index (χ0n) is 12.7. The molecule has 6 nitrogen and oxygen atoms in total. The number of likely N-dealkylation sites (tertiary alicyclic amines) is 1. The number of piperidine rings is 1. The molecule has 0 radical (unpaired) electrons. The van der Waals surface area contributed by atoms with E-state index in [9.17, 15) is 17.6 Å². The molecule has 3 rings (SSSR count). The Morgan fingerprint density at radius 2 is 1.78 bits per heavy atom. The predicted molar refractivity (Wildman–Crippen MR) is 82.5 cm³/mol. The number of hydrogen-bond donors (Lipinski definition) is 2. The van der Waals surface area contributed by atoms with Crippen LogP contribution in [0.4, 0.5) is 4.39 Å². The van der Waals surface area contributed by atoms with Crippen molar-refractivity contribution in [2.45, 2.75) is 42.2 Å². The molecule has 23 heavy (non-hydrogen) atoms. The van der Waals surface area contributed by atoms with Gasteiger partial charge in [0.1, 0.15) is 5.82 Å². The number of benzene rings is 1. The first-order chi connectivity index (χ1) is 10.8. The Hall–Kier alpha value is -1.51. The van der Waals surface area contributed by atoms with Gasteiger partial charge >= 0.3 is 0 Å². The Kier molecular flexibility index (Phi) is 4.16. The molecule has 1 saturated heterocycles. The summed E-state index contributed by atoms with van der Waals surface area (Å²) in [6.07, 6.45) is 2.54. The van der Waals surface area contributed by atoms with Gasteiger partial charge in [-0.15, -0.1) is 0 Å². The third kappa shape index (κ3) is 3.54. The maximum Gasteiger partial charge on any atom is 0.242 e. The number of nitrogens with two attached hydrogens (primary N) is 1. The highest BCUT2D eigenvalue weighted by Crippen LogP contribution is 2.34. The van der Waals surface area contributed by atoms with E-state index >= 15 is 0 Å². The fourth-order valence-electron chi connectivity index (χ4n) is 2.77. The topological polar surface area (TPSA) is 92.5 Å². The van der Waals surface area contributed by atoms with Gasteiger partial charge in [-0.05, 0) is 49.9 Å². The number of carbonyl (C=O) groups is 1. The van der Waals surface area contributed by atoms with E-state index in [0.29, 0.717) is 25.9 Å². The number of nitrogens with zero attached hydrogens (tertiary/aromatic N) is 1. The van der Waals surface area contributed by atoms with Gasteiger partial charge in [-0.1, -0.05) is 0 Å². The normalized spacial score (nSPS) is 21.2. The van der Waals surface area contributed by atoms with Crippen LogP contribution in [0.25, 0.3) is 0 Å². The summed E-state index contributed by atoms with van der Waals surface area (Å²) in [5.41, 5.74) is 5.23. The van der Waals surface area contributed by atoms with Crippen molar-refractivity contribution in [2.24, 2.45) is 5.73 Å². The zero-order valence-corrected chi connectivity index (χ0v) is 13.5. The smallest absolute Gasteiger partial charge is 0.242 e. The largest absolute Gasteiger partial charge is 0.341 e. The second-order valence-electron chi connectivity index (χ2n) is 6.30. The minimum atomic E-state index is -3.68. The Bertz CT molecular complexity index is 693. The van der Waals surface area contributed by atoms with E-state index in [2.05, 4.69) is 4.72 Å². The summed E-state index contributed by atoms with van der Waals surface area (Å²) in [7, 11) is -3.68. The molecule has 3 N–H and O–H groups in total. The molecule has 1 aliphatic carbocycles. The van der Waals surface area contributed by atoms with Crippen LogP contribution in [-0.2, 0) is 14.8 Å². The highest BCUT2D eigenvalue weighted by molar-refractivity contribution is 7.89. The van der Waals surface area contributed by atoms with Crippen molar-refractivity contribution in [3.8, 4) is 0 Å². The molecular formula is C15H20FN3O3S. The third-order valence-corrected chi connectivity index (χ3v) is 5.98. The molecule has 1 aromatic rings. The average molecular weight is 341 g/mol. The van der Waals surface area contributed by atoms with Crippen LogP contribution in [0.1, 0.15) is 25.7 Å². The molecule has 1 aliphatic heterocycles. The van der Waals surface area contributed by atoms with Gasteiger partial charge in [0, 0.05) is 19.1 Å². The predicted octanol–water partition coefficient (Wildman–Crippen LogP) is 0.586. The maximum absolute atomic E-state index is 12.9. The lowest BCUT2D eigenvalue weighted by Gasteiger charge is -2.33. The van der Waals surface area contributed by atoms with Gasteiger partial charge in [0.25, 0.3) is 0 Å². The van der Waals surface area contributed by atoms with Crippen molar-refractivity contribution >= 4 is 15.9 Å². The van der Waals surface area contributed by atoms with Crippen molar-refractivity contribution in [1.82, 2.24) is 9.62 Å². The SMILES string of the molecule is NC1(C(=O)N2CCC(NS(=O)(=O)c3ccc(F)cc3)CC2)CC1. The Labute approximate surface area is 134 Å². The number of sulfonamides is 1. The molecular weight excluding hydrogens is 321 g/mol. The number of amides is 1. The average Bonchev–Trinajstić information content (AvgIpc) is 3.26. The van der Waals surface area contributed by atoms with Crippen LogP contribution in [0, 0.1) is 5.82 Å². The molecule has 8 heteroatoms. The van der Waals surface area contributed by atoms with Gasteiger partial charge in [-0.2, -0.15) is 0 Å². The van der Waals surface area contributed by atoms with Crippen LogP contribution in [-0.4, -0.2) is 43.9 Å². The minimum absolute atomic E-state index is 0.0302. The molecule has 1 saturated carbocycles. The Morgan fingerprint density at radius 1 is 1.22 bits per heavy atom. The van der Waals surface area contributed by atoms with E-state index < -0.39 is 21.4 Å². The molecule has 1 aromatic carbocycles. The fourth-order valence-corrected chi connectivity index (χ4v) is 4.07. The summed E-state index contributed by atoms with van der Waals surface area (Å²) in [4.78, 5) is 13.9. The van der Waals surface area contributed by atoms with Crippen LogP contribution in [0.5, 0.6) is 0 Å². The first kappa shape index (κ1) is 16.4. The van der Waals surface area contributed by atoms with E-state index in [1.807, 2.05) is 0 Å². The fraction of sp³-hybridized carbons (Fsp3) is 0.533. The van der Waals surface area contributed by atoms with Crippen molar-refractivity contribution in [3.05, 3.63) is 30.1 Å². The first-order valence-electron chi connectivity index (χ1n) is 7.66. The molecule has 2 fully saturated rings. The Balaban J connectivity index is 1.58. The minimum Gasteiger partial charge on any atom is -0.341 e. The van der Waals surface area contributed by atoms with Gasteiger partial charge in [0.15, 0.2) is 0 Å². The van der Waals surface area contributed by atoms with Gasteiger partial charge in [-0.3, -0.25) is 4.79 Å². The number of hydrogen-bond acceptors (Lipinski definition) is 4. The van der Waals surface area contributed by atoms with Crippen LogP contribution >= 0.6 is 0 Å². The van der Waals surface area contributed by atoms with E-state index in [1.165, 1.54) is 12.1 Å². The van der Waals surface area contributed by atoms with Crippen LogP contribution in [0.2, 0.25) is 0 Å². The Morgan fingerprint density at radius 3 is 2.30 bits per heavy atom. The first-order valence-corrected chi connectivity index (χ1v) is 9.15. The van der Waals surface area contributed by atoms with Crippen molar-refractivity contribution in [3.63, 3.8) is 0 Å². The summed E-state index contributed by atoms with van der Waals surface area (Å²) < 4.78 is 40.0. The van der Waals surface area contributed by atoms with Gasteiger partial charge in [0.05, 0.1) is 10.4 Å². The van der Waals surface area contributed by atoms with Crippen molar-refractivity contribution in [2.75, 3.05) is 13.1 Å². The molecule has 0 atom stereocenters. The molecule has 1 amide bonds. The molecule has 0 aromatic heterocycles. The van der Waals surface area contributed by atoms with E-state index in [4.69, 9.17) is 5.73 Å². The second-order valence-corrected chi connectivity index (χ2v) is 8.01. The molecule has 2 aliphatic rings. The maximum atomic E-state index is 12.9. The lowest BCUT2D eigenvalue weighted by Crippen LogP contribution is -2.51. The zero-order chi connectivity index (χ0) is 16.7. The molecule has 0 spiro atoms. The summed E-state index contributed by atoms with van der Waals surface area (Å²) in [6, 6.07) is 4.48. The van der Waals surface area contributed by atoms with Gasteiger partial charge in [0.2, 0.25) is 15.9 Å². The van der Waals surface area contributed by atoms with Crippen molar-refractivity contribution < 1.29 is 17.6 Å². The monoisotopic (exact) mass is 341 g/mol. The van der Waals surface area contributed by atoms with Crippen LogP contribution in [0.3, 0.4) is 0 Å². The summed E-state index contributed by atoms with van der Waals surface area (Å²) in [5.74, 6) is -0.510. The lowest BCUT2D eigenvalue weighted by molar-refractivity contribution is -0.134. The van der Waals surface area contributed by atoms with Crippen LogP contribution in [0.15, 0.2) is 29.2 Å². The molecule has 0 unspecified atom stereocenters. The quantitative estimate of drug-likeness (QED) is 0.838. The summed E-state index contributed by atoms with van der Waals surface area (Å²) in [5, 5.41) is 0. The van der Waals surface area contributed by atoms with Gasteiger partial charge in [-0.25, -0.2) is 17.5 Å². The molecule has 1 heterocycles. The highest BCUT2D eigenvalue weighted by atomic mass is 32.2. The number of rotatable bonds is 4. The number of halogens is 1. The standard InChI is InChI=1S/C15H20FN3O3S/c16-11-1-3-13(4-2-11)23(21,22)18-12-5-9-19(10-6-12)14(20)15(17)7-8-15/h1-4,12,18H,5-10,17H2. The second kappa shape index (κ2) is 5.85. The summed E-state index contributed by atoms with van der Waals surface area (Å²) >= 11 is 0. The number of carbonyl (C=O) groups excluding carboxylic acids is 1. The van der Waals surface area contributed by atoms with E-state index in [-0.39, 0.29) is 16.8 Å². The lowest BCUT2D eigenvalue weighted by atomic mass is 10.0. The van der Waals surface area contributed by atoms with Gasteiger partial charge < -0.3 is 10.6 Å².